The lowest BCUT2D eigenvalue weighted by Gasteiger charge is -2.41. The predicted octanol–water partition coefficient (Wildman–Crippen LogP) is 4.33. The number of carbonyl (C=O) groups excluding carboxylic acids is 8. The van der Waals surface area contributed by atoms with Crippen LogP contribution in [-0.2, 0) is 81.0 Å². The van der Waals surface area contributed by atoms with Gasteiger partial charge in [-0.25, -0.2) is 19.2 Å². The zero-order valence-corrected chi connectivity index (χ0v) is 35.3. The molecule has 1 heterocycles. The van der Waals surface area contributed by atoms with E-state index in [1.807, 2.05) is 0 Å². The van der Waals surface area contributed by atoms with Crippen molar-refractivity contribution in [1.29, 1.82) is 0 Å². The Morgan fingerprint density at radius 1 is 0.467 bits per heavy atom. The third-order valence-electron chi connectivity index (χ3n) is 8.19. The molecule has 0 aromatic carbocycles. The SMILES string of the molecule is C=C(C)C(=O)OCCCCC(=O)OCNC1OC[C@@H](OC(=O)CCCCOC(=O)C(=C)C)C(OC(=O)CCCCOC(=O)C(=C)C)[C@H]1OC(=O)CCCCOC(=O)C(=C)C. The van der Waals surface area contributed by atoms with Crippen LogP contribution in [-0.4, -0.2) is 112 Å². The van der Waals surface area contributed by atoms with Crippen LogP contribution < -0.4 is 5.32 Å². The molecule has 336 valence electrons. The van der Waals surface area contributed by atoms with E-state index in [2.05, 4.69) is 31.6 Å². The van der Waals surface area contributed by atoms with E-state index in [1.165, 1.54) is 27.7 Å². The molecule has 60 heavy (non-hydrogen) atoms. The number of nitrogens with one attached hydrogen (secondary N) is 1. The van der Waals surface area contributed by atoms with Crippen molar-refractivity contribution in [3.05, 3.63) is 48.6 Å². The van der Waals surface area contributed by atoms with Crippen LogP contribution in [0.5, 0.6) is 0 Å². The van der Waals surface area contributed by atoms with Crippen molar-refractivity contribution in [2.75, 3.05) is 39.8 Å². The van der Waals surface area contributed by atoms with Gasteiger partial charge in [-0.05, 0) is 79.1 Å². The molecule has 0 aromatic heterocycles. The fraction of sp³-hybridized carbons (Fsp3) is 0.619. The Morgan fingerprint density at radius 2 is 0.800 bits per heavy atom. The Kier molecular flexibility index (Phi) is 26.1. The topological polar surface area (TPSA) is 232 Å². The fourth-order valence-corrected chi connectivity index (χ4v) is 4.88. The molecule has 4 atom stereocenters. The Morgan fingerprint density at radius 3 is 1.17 bits per heavy atom. The molecule has 2 unspecified atom stereocenters. The van der Waals surface area contributed by atoms with Gasteiger partial charge in [0.2, 0.25) is 0 Å². The van der Waals surface area contributed by atoms with Gasteiger partial charge in [-0.1, -0.05) is 26.3 Å². The molecule has 0 saturated carbocycles. The first kappa shape index (κ1) is 52.7. The molecule has 1 fully saturated rings. The zero-order chi connectivity index (χ0) is 45.0. The van der Waals surface area contributed by atoms with Crippen molar-refractivity contribution in [3.8, 4) is 0 Å². The highest BCUT2D eigenvalue weighted by molar-refractivity contribution is 5.88. The average molecular weight is 852 g/mol. The van der Waals surface area contributed by atoms with Crippen molar-refractivity contribution in [3.63, 3.8) is 0 Å². The second-order valence-electron chi connectivity index (χ2n) is 14.0. The smallest absolute Gasteiger partial charge is 0.333 e. The van der Waals surface area contributed by atoms with Crippen molar-refractivity contribution >= 4 is 47.8 Å². The maximum Gasteiger partial charge on any atom is 0.333 e. The van der Waals surface area contributed by atoms with E-state index in [-0.39, 0.29) is 100 Å². The summed E-state index contributed by atoms with van der Waals surface area (Å²) in [6.07, 6.45) is -3.17. The number of hydrogen-bond donors (Lipinski definition) is 1. The average Bonchev–Trinajstić information content (AvgIpc) is 3.18. The third-order valence-corrected chi connectivity index (χ3v) is 8.19. The summed E-state index contributed by atoms with van der Waals surface area (Å²) in [5.41, 5.74) is 0.944. The second-order valence-corrected chi connectivity index (χ2v) is 14.0. The van der Waals surface area contributed by atoms with Crippen LogP contribution in [0.25, 0.3) is 0 Å². The normalized spacial score (nSPS) is 16.9. The van der Waals surface area contributed by atoms with Gasteiger partial charge in [0.15, 0.2) is 24.5 Å². The predicted molar refractivity (Wildman–Crippen MR) is 212 cm³/mol. The van der Waals surface area contributed by atoms with Crippen LogP contribution in [0, 0.1) is 0 Å². The van der Waals surface area contributed by atoms with Gasteiger partial charge in [0.1, 0.15) is 6.73 Å². The first-order valence-electron chi connectivity index (χ1n) is 19.8. The van der Waals surface area contributed by atoms with Crippen LogP contribution in [0.2, 0.25) is 0 Å². The Balaban J connectivity index is 3.10. The highest BCUT2D eigenvalue weighted by Gasteiger charge is 2.47. The summed E-state index contributed by atoms with van der Waals surface area (Å²) in [6, 6.07) is 0. The number of unbranched alkanes of at least 4 members (excludes halogenated alkanes) is 4. The molecule has 1 rings (SSSR count). The van der Waals surface area contributed by atoms with Crippen molar-refractivity contribution in [2.45, 2.75) is 129 Å². The highest BCUT2D eigenvalue weighted by atomic mass is 16.7. The van der Waals surface area contributed by atoms with Gasteiger partial charge in [-0.15, -0.1) is 0 Å². The van der Waals surface area contributed by atoms with E-state index in [1.54, 1.807) is 0 Å². The largest absolute Gasteiger partial charge is 0.462 e. The number of rotatable bonds is 30. The Labute approximate surface area is 351 Å². The van der Waals surface area contributed by atoms with Crippen LogP contribution in [0.3, 0.4) is 0 Å². The zero-order valence-electron chi connectivity index (χ0n) is 35.3. The molecular formula is C42H61NO17. The molecule has 0 aromatic rings. The van der Waals surface area contributed by atoms with E-state index in [0.717, 1.165) is 0 Å². The molecule has 0 aliphatic carbocycles. The molecule has 0 spiro atoms. The summed E-state index contributed by atoms with van der Waals surface area (Å²) >= 11 is 0. The first-order valence-corrected chi connectivity index (χ1v) is 19.8. The molecule has 1 aliphatic rings. The second kappa shape index (κ2) is 29.8. The van der Waals surface area contributed by atoms with Gasteiger partial charge in [-0.3, -0.25) is 24.5 Å². The van der Waals surface area contributed by atoms with E-state index in [0.29, 0.717) is 32.1 Å². The summed E-state index contributed by atoms with van der Waals surface area (Å²) in [4.78, 5) is 98.5. The van der Waals surface area contributed by atoms with Crippen molar-refractivity contribution in [2.24, 2.45) is 0 Å². The van der Waals surface area contributed by atoms with Crippen molar-refractivity contribution < 1.29 is 81.0 Å². The molecular weight excluding hydrogens is 790 g/mol. The lowest BCUT2D eigenvalue weighted by Crippen LogP contribution is -2.61. The van der Waals surface area contributed by atoms with Gasteiger partial charge in [0, 0.05) is 48.0 Å². The minimum Gasteiger partial charge on any atom is -0.462 e. The summed E-state index contributed by atoms with van der Waals surface area (Å²) < 4.78 is 48.7. The maximum absolute atomic E-state index is 13.2. The van der Waals surface area contributed by atoms with Gasteiger partial charge >= 0.3 is 47.8 Å². The number of esters is 8. The first-order chi connectivity index (χ1) is 28.4. The monoisotopic (exact) mass is 851 g/mol. The van der Waals surface area contributed by atoms with Crippen molar-refractivity contribution in [1.82, 2.24) is 5.32 Å². The summed E-state index contributed by atoms with van der Waals surface area (Å²) in [6.45, 7) is 19.6. The fourth-order valence-electron chi connectivity index (χ4n) is 4.88. The number of carbonyl (C=O) groups is 8. The van der Waals surface area contributed by atoms with E-state index in [4.69, 9.17) is 42.6 Å². The Bertz CT molecular complexity index is 1540. The lowest BCUT2D eigenvalue weighted by atomic mass is 10.0. The molecule has 1 N–H and O–H groups in total. The Hall–Kier alpha value is -5.36. The minimum atomic E-state index is -1.42. The molecule has 1 aliphatic heterocycles. The summed E-state index contributed by atoms with van der Waals surface area (Å²) in [5.74, 6) is -5.01. The summed E-state index contributed by atoms with van der Waals surface area (Å²) in [5, 5.41) is 2.84. The standard InChI is InChI=1S/C42H61NO17/c1-27(2)39(48)52-21-13-9-17-32(44)57-26-43-38-37(60-35(47)20-12-16-24-55-42(51)30(7)8)36(59-34(46)19-11-15-23-54-41(50)29(5)6)31(25-56-38)58-33(45)18-10-14-22-53-40(49)28(3)4/h31,36-38,43H,1,3,5,7,9-26H2,2,4,6,8H3/t31-,36?,37-,38?/m1/s1. The molecule has 0 radical (unpaired) electrons. The molecule has 18 nitrogen and oxygen atoms in total. The molecule has 1 saturated heterocycles. The van der Waals surface area contributed by atoms with Crippen LogP contribution in [0.4, 0.5) is 0 Å². The molecule has 0 amide bonds. The van der Waals surface area contributed by atoms with Crippen LogP contribution in [0.15, 0.2) is 48.6 Å². The molecule has 0 bridgehead atoms. The third kappa shape index (κ3) is 23.3. The minimum absolute atomic E-state index is 0.00108. The van der Waals surface area contributed by atoms with Crippen LogP contribution in [0.1, 0.15) is 105 Å². The quantitative estimate of drug-likeness (QED) is 0.0348. The van der Waals surface area contributed by atoms with E-state index < -0.39 is 79.0 Å². The lowest BCUT2D eigenvalue weighted by molar-refractivity contribution is -0.234. The highest BCUT2D eigenvalue weighted by Crippen LogP contribution is 2.25. The van der Waals surface area contributed by atoms with Gasteiger partial charge in [0.05, 0.1) is 33.0 Å². The summed E-state index contributed by atoms with van der Waals surface area (Å²) in [7, 11) is 0. The van der Waals surface area contributed by atoms with Gasteiger partial charge in [0.25, 0.3) is 0 Å². The van der Waals surface area contributed by atoms with E-state index in [9.17, 15) is 38.4 Å². The van der Waals surface area contributed by atoms with Gasteiger partial charge in [-0.2, -0.15) is 0 Å². The molecule has 18 heteroatoms. The number of ether oxygens (including phenoxy) is 9. The number of hydrogen-bond acceptors (Lipinski definition) is 18. The maximum atomic E-state index is 13.2. The van der Waals surface area contributed by atoms with Gasteiger partial charge < -0.3 is 42.6 Å². The van der Waals surface area contributed by atoms with E-state index >= 15 is 0 Å². The van der Waals surface area contributed by atoms with Crippen LogP contribution >= 0.6 is 0 Å².